The Morgan fingerprint density at radius 1 is 1.19 bits per heavy atom. The molecule has 0 aliphatic carbocycles. The van der Waals surface area contributed by atoms with Gasteiger partial charge in [-0.1, -0.05) is 27.5 Å². The second-order valence-corrected chi connectivity index (χ2v) is 6.59. The third-order valence-corrected chi connectivity index (χ3v) is 4.33. The van der Waals surface area contributed by atoms with Crippen LogP contribution in [0.2, 0.25) is 5.02 Å². The molecule has 1 aliphatic rings. The number of ether oxygens (including phenoxy) is 1. The minimum atomic E-state index is -0.212. The largest absolute Gasteiger partial charge is 0.508 e. The molecule has 6 heteroatoms. The fourth-order valence-corrected chi connectivity index (χ4v) is 3.53. The van der Waals surface area contributed by atoms with E-state index in [-0.39, 0.29) is 17.3 Å². The maximum absolute atomic E-state index is 12.4. The van der Waals surface area contributed by atoms with Crippen LogP contribution in [0.3, 0.4) is 0 Å². The van der Waals surface area contributed by atoms with Crippen molar-refractivity contribution in [3.05, 3.63) is 61.2 Å². The van der Waals surface area contributed by atoms with Crippen molar-refractivity contribution in [2.75, 3.05) is 0 Å². The first kappa shape index (κ1) is 14.6. The lowest BCUT2D eigenvalue weighted by atomic mass is 10.1. The number of halogens is 3. The van der Waals surface area contributed by atoms with Crippen molar-refractivity contribution in [3.8, 4) is 11.5 Å². The summed E-state index contributed by atoms with van der Waals surface area (Å²) < 4.78 is 7.10. The van der Waals surface area contributed by atoms with Crippen LogP contribution in [0.15, 0.2) is 45.0 Å². The van der Waals surface area contributed by atoms with Gasteiger partial charge in [-0.15, -0.1) is 0 Å². The van der Waals surface area contributed by atoms with Gasteiger partial charge in [-0.05, 0) is 57.9 Å². The van der Waals surface area contributed by atoms with Crippen LogP contribution in [0.25, 0.3) is 6.08 Å². The molecular formula is C15H7Br2ClO3. The van der Waals surface area contributed by atoms with Crippen molar-refractivity contribution in [2.45, 2.75) is 0 Å². The summed E-state index contributed by atoms with van der Waals surface area (Å²) in [4.78, 5) is 12.4. The number of hydrogen-bond acceptors (Lipinski definition) is 3. The van der Waals surface area contributed by atoms with Crippen LogP contribution in [-0.2, 0) is 0 Å². The zero-order valence-corrected chi connectivity index (χ0v) is 14.3. The Morgan fingerprint density at radius 3 is 2.67 bits per heavy atom. The molecule has 0 radical (unpaired) electrons. The first-order valence-electron chi connectivity index (χ1n) is 5.87. The second-order valence-electron chi connectivity index (χ2n) is 4.41. The standard InChI is InChI=1S/C15H7Br2ClO3/c16-8-4-10-14(20)13(21-15(10)11(17)5-8)3-7-1-2-9(19)6-12(7)18/h1-6,19H/b13-3-. The lowest BCUT2D eigenvalue weighted by molar-refractivity contribution is 0.101. The molecule has 0 spiro atoms. The van der Waals surface area contributed by atoms with E-state index in [9.17, 15) is 9.90 Å². The van der Waals surface area contributed by atoms with Gasteiger partial charge in [0.15, 0.2) is 11.5 Å². The number of fused-ring (bicyclic) bond motifs is 1. The van der Waals surface area contributed by atoms with E-state index in [1.165, 1.54) is 12.1 Å². The Hall–Kier alpha value is -1.30. The average Bonchev–Trinajstić information content (AvgIpc) is 2.71. The quantitative estimate of drug-likeness (QED) is 0.634. The number of Topliss-reactive ketones (excluding diaryl/α,β-unsaturated/α-hetero) is 1. The lowest BCUT2D eigenvalue weighted by Gasteiger charge is -2.02. The summed E-state index contributed by atoms with van der Waals surface area (Å²) in [7, 11) is 0. The number of benzene rings is 2. The predicted molar refractivity (Wildman–Crippen MR) is 87.9 cm³/mol. The van der Waals surface area contributed by atoms with Gasteiger partial charge in [-0.25, -0.2) is 0 Å². The molecule has 2 aromatic rings. The molecule has 1 heterocycles. The minimum absolute atomic E-state index is 0.0655. The van der Waals surface area contributed by atoms with E-state index in [0.29, 0.717) is 26.4 Å². The fourth-order valence-electron chi connectivity index (χ4n) is 1.99. The monoisotopic (exact) mass is 428 g/mol. The van der Waals surface area contributed by atoms with Gasteiger partial charge in [-0.3, -0.25) is 4.79 Å². The molecule has 0 saturated heterocycles. The molecule has 1 N–H and O–H groups in total. The SMILES string of the molecule is O=C1/C(=C/c2ccc(O)cc2Cl)Oc2c(Br)cc(Br)cc21. The van der Waals surface area contributed by atoms with Gasteiger partial charge in [0.2, 0.25) is 5.78 Å². The molecule has 106 valence electrons. The van der Waals surface area contributed by atoms with Gasteiger partial charge in [-0.2, -0.15) is 0 Å². The van der Waals surface area contributed by atoms with Gasteiger partial charge in [0.25, 0.3) is 0 Å². The van der Waals surface area contributed by atoms with Gasteiger partial charge >= 0.3 is 0 Å². The van der Waals surface area contributed by atoms with E-state index in [0.717, 1.165) is 4.47 Å². The van der Waals surface area contributed by atoms with Gasteiger partial charge in [0, 0.05) is 4.47 Å². The number of carbonyl (C=O) groups is 1. The molecule has 1 aliphatic heterocycles. The summed E-state index contributed by atoms with van der Waals surface area (Å²) in [6.07, 6.45) is 1.56. The second kappa shape index (κ2) is 5.48. The van der Waals surface area contributed by atoms with E-state index in [1.807, 2.05) is 6.07 Å². The van der Waals surface area contributed by atoms with Crippen molar-refractivity contribution in [1.82, 2.24) is 0 Å². The van der Waals surface area contributed by atoms with E-state index >= 15 is 0 Å². The number of aromatic hydroxyl groups is 1. The maximum atomic E-state index is 12.4. The van der Waals surface area contributed by atoms with E-state index in [2.05, 4.69) is 31.9 Å². The minimum Gasteiger partial charge on any atom is -0.508 e. The van der Waals surface area contributed by atoms with Crippen LogP contribution in [-0.4, -0.2) is 10.9 Å². The highest BCUT2D eigenvalue weighted by atomic mass is 79.9. The van der Waals surface area contributed by atoms with Crippen molar-refractivity contribution >= 4 is 55.3 Å². The summed E-state index contributed by atoms with van der Waals surface area (Å²) in [6.45, 7) is 0. The van der Waals surface area contributed by atoms with Crippen molar-refractivity contribution in [1.29, 1.82) is 0 Å². The Morgan fingerprint density at radius 2 is 1.95 bits per heavy atom. The summed E-state index contributed by atoms with van der Waals surface area (Å²) in [5, 5.41) is 9.69. The fraction of sp³-hybridized carbons (Fsp3) is 0. The van der Waals surface area contributed by atoms with Crippen LogP contribution in [0.1, 0.15) is 15.9 Å². The number of carbonyl (C=O) groups excluding carboxylic acids is 1. The molecule has 0 bridgehead atoms. The highest BCUT2D eigenvalue weighted by Gasteiger charge is 2.29. The molecule has 0 saturated carbocycles. The Labute approximate surface area is 142 Å². The van der Waals surface area contributed by atoms with Crippen molar-refractivity contribution in [2.24, 2.45) is 0 Å². The van der Waals surface area contributed by atoms with Gasteiger partial charge in [0.05, 0.1) is 15.1 Å². The number of phenolic OH excluding ortho intramolecular Hbond substituents is 1. The van der Waals surface area contributed by atoms with E-state index in [1.54, 1.807) is 18.2 Å². The van der Waals surface area contributed by atoms with Crippen LogP contribution >= 0.6 is 43.5 Å². The number of allylic oxidation sites excluding steroid dienone is 1. The molecule has 0 unspecified atom stereocenters. The first-order chi connectivity index (χ1) is 9.95. The van der Waals surface area contributed by atoms with Crippen molar-refractivity contribution in [3.63, 3.8) is 0 Å². The normalized spacial score (nSPS) is 15.2. The molecule has 21 heavy (non-hydrogen) atoms. The summed E-state index contributed by atoms with van der Waals surface area (Å²) in [5.41, 5.74) is 1.08. The number of phenols is 1. The molecule has 0 fully saturated rings. The molecular weight excluding hydrogens is 423 g/mol. The number of ketones is 1. The Kier molecular flexibility index (Phi) is 3.82. The third-order valence-electron chi connectivity index (χ3n) is 2.96. The van der Waals surface area contributed by atoms with E-state index in [4.69, 9.17) is 16.3 Å². The van der Waals surface area contributed by atoms with Gasteiger partial charge < -0.3 is 9.84 Å². The van der Waals surface area contributed by atoms with Crippen LogP contribution < -0.4 is 4.74 Å². The zero-order chi connectivity index (χ0) is 15.1. The van der Waals surface area contributed by atoms with Gasteiger partial charge in [0.1, 0.15) is 5.75 Å². The van der Waals surface area contributed by atoms with Crippen molar-refractivity contribution < 1.29 is 14.6 Å². The highest BCUT2D eigenvalue weighted by Crippen LogP contribution is 2.40. The molecule has 0 aromatic heterocycles. The predicted octanol–water partition coefficient (Wildman–Crippen LogP) is 5.19. The number of rotatable bonds is 1. The van der Waals surface area contributed by atoms with E-state index < -0.39 is 0 Å². The number of hydrogen-bond donors (Lipinski definition) is 1. The molecule has 2 aromatic carbocycles. The smallest absolute Gasteiger partial charge is 0.232 e. The Balaban J connectivity index is 2.05. The molecule has 3 rings (SSSR count). The first-order valence-corrected chi connectivity index (χ1v) is 7.84. The van der Waals surface area contributed by atoms with Crippen LogP contribution in [0.4, 0.5) is 0 Å². The lowest BCUT2D eigenvalue weighted by Crippen LogP contribution is -1.98. The molecule has 0 atom stereocenters. The molecule has 0 amide bonds. The summed E-state index contributed by atoms with van der Waals surface area (Å²) in [6, 6.07) is 8.05. The maximum Gasteiger partial charge on any atom is 0.232 e. The molecule has 3 nitrogen and oxygen atoms in total. The summed E-state index contributed by atoms with van der Waals surface area (Å²) >= 11 is 12.7. The summed E-state index contributed by atoms with van der Waals surface area (Å²) in [5.74, 6) is 0.535. The average molecular weight is 430 g/mol. The highest BCUT2D eigenvalue weighted by molar-refractivity contribution is 9.11. The Bertz CT molecular complexity index is 800. The topological polar surface area (TPSA) is 46.5 Å². The van der Waals surface area contributed by atoms with Crippen LogP contribution in [0, 0.1) is 0 Å². The van der Waals surface area contributed by atoms with Crippen LogP contribution in [0.5, 0.6) is 11.5 Å². The zero-order valence-electron chi connectivity index (χ0n) is 10.4. The third kappa shape index (κ3) is 2.73.